The zero-order chi connectivity index (χ0) is 38.6. The Bertz CT molecular complexity index is 2040. The number of hydrogen-bond donors (Lipinski definition) is 1. The normalized spacial score (nSPS) is 17.3. The number of fused-ring (bicyclic) bond motifs is 2. The van der Waals surface area contributed by atoms with Crippen LogP contribution in [0.1, 0.15) is 91.7 Å². The van der Waals surface area contributed by atoms with Crippen LogP contribution in [-0.4, -0.2) is 48.1 Å². The molecular formula is C45H56N2O5S. The van der Waals surface area contributed by atoms with Gasteiger partial charge >= 0.3 is 0 Å². The van der Waals surface area contributed by atoms with Crippen molar-refractivity contribution in [2.75, 3.05) is 24.6 Å². The first-order chi connectivity index (χ1) is 24.9. The van der Waals surface area contributed by atoms with Crippen molar-refractivity contribution in [3.63, 3.8) is 0 Å². The van der Waals surface area contributed by atoms with Crippen molar-refractivity contribution in [2.24, 2.45) is 5.41 Å². The number of aromatic hydroxyl groups is 1. The van der Waals surface area contributed by atoms with Crippen LogP contribution in [0.2, 0.25) is 0 Å². The highest BCUT2D eigenvalue weighted by atomic mass is 32.2. The topological polar surface area (TPSA) is 92.9 Å². The number of para-hydroxylation sites is 1. The van der Waals surface area contributed by atoms with E-state index in [4.69, 9.17) is 4.74 Å². The van der Waals surface area contributed by atoms with Gasteiger partial charge in [0.1, 0.15) is 21.6 Å². The van der Waals surface area contributed by atoms with E-state index in [2.05, 4.69) is 113 Å². The number of phenols is 1. The van der Waals surface area contributed by atoms with Crippen molar-refractivity contribution in [2.45, 2.75) is 96.3 Å². The second-order valence-electron chi connectivity index (χ2n) is 16.2. The van der Waals surface area contributed by atoms with Crippen molar-refractivity contribution in [3.05, 3.63) is 126 Å². The number of ether oxygens (including phenoxy) is 1. The van der Waals surface area contributed by atoms with Crippen molar-refractivity contribution >= 4 is 27.2 Å². The lowest BCUT2D eigenvalue weighted by atomic mass is 9.81. The van der Waals surface area contributed by atoms with Crippen LogP contribution in [0.3, 0.4) is 0 Å². The predicted octanol–water partition coefficient (Wildman–Crippen LogP) is 10.1. The largest absolute Gasteiger partial charge is 0.744 e. The van der Waals surface area contributed by atoms with Crippen LogP contribution in [0.4, 0.5) is 11.4 Å². The van der Waals surface area contributed by atoms with Gasteiger partial charge in [0.25, 0.3) is 0 Å². The molecule has 0 unspecified atom stereocenters. The summed E-state index contributed by atoms with van der Waals surface area (Å²) < 4.78 is 44.3. The Labute approximate surface area is 317 Å². The molecule has 53 heavy (non-hydrogen) atoms. The molecule has 2 aliphatic rings. The van der Waals surface area contributed by atoms with Gasteiger partial charge in [-0.1, -0.05) is 89.6 Å². The summed E-state index contributed by atoms with van der Waals surface area (Å²) in [5.74, 6) is 0.953. The summed E-state index contributed by atoms with van der Waals surface area (Å²) in [4.78, 5) is 2.09. The van der Waals surface area contributed by atoms with E-state index in [0.717, 1.165) is 67.9 Å². The average molecular weight is 737 g/mol. The van der Waals surface area contributed by atoms with Crippen molar-refractivity contribution in [1.82, 2.24) is 0 Å². The van der Waals surface area contributed by atoms with Crippen molar-refractivity contribution < 1.29 is 27.4 Å². The summed E-state index contributed by atoms with van der Waals surface area (Å²) in [5, 5.41) is 9.58. The van der Waals surface area contributed by atoms with E-state index < -0.39 is 15.5 Å². The Morgan fingerprint density at radius 2 is 1.62 bits per heavy atom. The smallest absolute Gasteiger partial charge is 0.209 e. The first-order valence-corrected chi connectivity index (χ1v) is 20.1. The first-order valence-electron chi connectivity index (χ1n) is 18.7. The molecule has 3 aromatic carbocycles. The third-order valence-corrected chi connectivity index (χ3v) is 11.6. The molecule has 3 aromatic rings. The zero-order valence-electron chi connectivity index (χ0n) is 32.5. The van der Waals surface area contributed by atoms with Gasteiger partial charge in [-0.2, -0.15) is 4.58 Å². The SMILES string of the molecule is C=C(CCCCCN1/C(=C/C=C/C=C/C2=[N+](CCCOc3ccc(O)cc3)c3ccccc3C2(C)C)C(C)(C)c2cc(S(=O)(=O)[O-])ccc21)C(C)(C)C. The van der Waals surface area contributed by atoms with Crippen LogP contribution in [0.15, 0.2) is 120 Å². The third-order valence-electron chi connectivity index (χ3n) is 10.7. The fourth-order valence-corrected chi connectivity index (χ4v) is 7.90. The molecule has 0 spiro atoms. The Kier molecular flexibility index (Phi) is 11.9. The van der Waals surface area contributed by atoms with Gasteiger partial charge in [-0.3, -0.25) is 0 Å². The lowest BCUT2D eigenvalue weighted by Crippen LogP contribution is -2.28. The number of allylic oxidation sites excluding steroid dienone is 7. The first kappa shape index (κ1) is 39.8. The fourth-order valence-electron chi connectivity index (χ4n) is 7.41. The third kappa shape index (κ3) is 9.05. The van der Waals surface area contributed by atoms with Crippen LogP contribution in [0.5, 0.6) is 11.5 Å². The maximum Gasteiger partial charge on any atom is 0.209 e. The minimum Gasteiger partial charge on any atom is -0.744 e. The summed E-state index contributed by atoms with van der Waals surface area (Å²) in [6.07, 6.45) is 15.4. The van der Waals surface area contributed by atoms with Gasteiger partial charge in [0, 0.05) is 47.5 Å². The minimum atomic E-state index is -4.58. The number of unbranched alkanes of at least 4 members (excludes halogenated alkanes) is 2. The molecule has 0 atom stereocenters. The molecule has 2 heterocycles. The van der Waals surface area contributed by atoms with E-state index in [1.807, 2.05) is 6.08 Å². The average Bonchev–Trinajstić information content (AvgIpc) is 3.44. The molecule has 1 N–H and O–H groups in total. The second kappa shape index (κ2) is 15.9. The number of anilines is 1. The molecule has 0 aromatic heterocycles. The number of phenolic OH excluding ortho intramolecular Hbond substituents is 1. The Balaban J connectivity index is 1.36. The Morgan fingerprint density at radius 3 is 2.32 bits per heavy atom. The number of hydrogen-bond acceptors (Lipinski definition) is 6. The van der Waals surface area contributed by atoms with Gasteiger partial charge in [-0.15, -0.1) is 0 Å². The standard InChI is InChI=1S/C45H56N2O5S/c1-33(43(2,3)4)18-11-10-16-29-46-40-28-27-36(53(49,50)51)32-38(40)45(7,8)42(46)22-13-9-12-21-41-44(5,6)37-19-14-15-20-39(37)47(41)30-17-31-52-35-25-23-34(48)24-26-35/h9,12-15,19-28,32H,1,10-11,16-18,29-31H2,2-8H3,(H-,48,49,50,51). The summed E-state index contributed by atoms with van der Waals surface area (Å²) in [7, 11) is -4.58. The zero-order valence-corrected chi connectivity index (χ0v) is 33.3. The lowest BCUT2D eigenvalue weighted by Gasteiger charge is -2.27. The van der Waals surface area contributed by atoms with Crippen molar-refractivity contribution in [3.8, 4) is 11.5 Å². The fraction of sp³-hybridized carbons (Fsp3) is 0.400. The maximum atomic E-state index is 12.0. The number of benzene rings is 3. The molecule has 0 amide bonds. The molecule has 0 fully saturated rings. The van der Waals surface area contributed by atoms with Crippen molar-refractivity contribution in [1.29, 1.82) is 0 Å². The van der Waals surface area contributed by atoms with Crippen LogP contribution in [0, 0.1) is 5.41 Å². The molecule has 0 bridgehead atoms. The molecule has 5 rings (SSSR count). The van der Waals surface area contributed by atoms with Crippen LogP contribution in [-0.2, 0) is 20.9 Å². The van der Waals surface area contributed by atoms with Gasteiger partial charge < -0.3 is 19.3 Å². The van der Waals surface area contributed by atoms with E-state index in [0.29, 0.717) is 6.61 Å². The molecule has 2 aliphatic heterocycles. The molecular weight excluding hydrogens is 681 g/mol. The van der Waals surface area contributed by atoms with E-state index in [9.17, 15) is 18.1 Å². The van der Waals surface area contributed by atoms with Gasteiger partial charge in [-0.05, 0) is 92.6 Å². The molecule has 0 radical (unpaired) electrons. The summed E-state index contributed by atoms with van der Waals surface area (Å²) in [6.45, 7) is 21.7. The molecule has 282 valence electrons. The van der Waals surface area contributed by atoms with Crippen LogP contribution >= 0.6 is 0 Å². The van der Waals surface area contributed by atoms with Crippen LogP contribution < -0.4 is 9.64 Å². The van der Waals surface area contributed by atoms with E-state index in [-0.39, 0.29) is 21.5 Å². The minimum absolute atomic E-state index is 0.104. The van der Waals surface area contributed by atoms with E-state index >= 15 is 0 Å². The summed E-state index contributed by atoms with van der Waals surface area (Å²) in [5.41, 5.74) is 7.22. The number of rotatable bonds is 15. The molecule has 0 saturated carbocycles. The summed E-state index contributed by atoms with van der Waals surface area (Å²) in [6, 6.07) is 20.1. The molecule has 8 heteroatoms. The highest BCUT2D eigenvalue weighted by molar-refractivity contribution is 7.85. The lowest BCUT2D eigenvalue weighted by molar-refractivity contribution is -0.438. The maximum absolute atomic E-state index is 12.0. The van der Waals surface area contributed by atoms with E-state index in [1.165, 1.54) is 28.6 Å². The highest BCUT2D eigenvalue weighted by Gasteiger charge is 2.44. The van der Waals surface area contributed by atoms with Gasteiger partial charge in [0.2, 0.25) is 5.69 Å². The predicted molar refractivity (Wildman–Crippen MR) is 216 cm³/mol. The van der Waals surface area contributed by atoms with Gasteiger partial charge in [-0.25, -0.2) is 8.42 Å². The van der Waals surface area contributed by atoms with Gasteiger partial charge in [0.15, 0.2) is 12.3 Å². The Hall–Kier alpha value is -4.40. The van der Waals surface area contributed by atoms with Gasteiger partial charge in [0.05, 0.1) is 16.9 Å². The quantitative estimate of drug-likeness (QED) is 0.0549. The molecule has 0 saturated heterocycles. The molecule has 7 nitrogen and oxygen atoms in total. The molecule has 0 aliphatic carbocycles. The highest BCUT2D eigenvalue weighted by Crippen LogP contribution is 2.48. The van der Waals surface area contributed by atoms with E-state index in [1.54, 1.807) is 36.4 Å². The number of nitrogens with zero attached hydrogens (tertiary/aromatic N) is 2. The van der Waals surface area contributed by atoms with Crippen LogP contribution in [0.25, 0.3) is 0 Å². The second-order valence-corrected chi connectivity index (χ2v) is 17.6. The monoisotopic (exact) mass is 736 g/mol. The Morgan fingerprint density at radius 1 is 0.906 bits per heavy atom. The summed E-state index contributed by atoms with van der Waals surface area (Å²) >= 11 is 0.